The van der Waals surface area contributed by atoms with Crippen molar-refractivity contribution in [1.29, 1.82) is 5.26 Å². The Morgan fingerprint density at radius 1 is 1.31 bits per heavy atom. The summed E-state index contributed by atoms with van der Waals surface area (Å²) in [7, 11) is 0. The minimum atomic E-state index is 0.221. The molecule has 13 heavy (non-hydrogen) atoms. The molecule has 68 valence electrons. The summed E-state index contributed by atoms with van der Waals surface area (Å²) in [6.45, 7) is 0. The molecule has 2 N–H and O–H groups in total. The van der Waals surface area contributed by atoms with E-state index < -0.39 is 0 Å². The Kier molecular flexibility index (Phi) is 3.57. The number of nitrogens with zero attached hydrogens (tertiary/aromatic N) is 1. The van der Waals surface area contributed by atoms with Crippen LogP contribution in [0.5, 0.6) is 0 Å². The van der Waals surface area contributed by atoms with Crippen molar-refractivity contribution in [3.05, 3.63) is 21.1 Å². The number of thioether (sulfide) groups is 1. The van der Waals surface area contributed by atoms with Gasteiger partial charge in [-0.05, 0) is 17.8 Å². The molecule has 0 fully saturated rings. The lowest BCUT2D eigenvalue weighted by Gasteiger charge is -2.06. The number of hydrogen-bond donors (Lipinski definition) is 1. The molecule has 0 heterocycles. The van der Waals surface area contributed by atoms with Crippen LogP contribution in [0.25, 0.3) is 0 Å². The largest absolute Gasteiger partial charge is 0.397 e. The molecule has 0 aliphatic heterocycles. The van der Waals surface area contributed by atoms with E-state index >= 15 is 0 Å². The average molecular weight is 254 g/mol. The van der Waals surface area contributed by atoms with E-state index in [9.17, 15) is 0 Å². The molecule has 0 radical (unpaired) electrons. The lowest BCUT2D eigenvalue weighted by molar-refractivity contribution is 1.46. The highest BCUT2D eigenvalue weighted by molar-refractivity contribution is 8.04. The first kappa shape index (κ1) is 10.8. The average Bonchev–Trinajstić information content (AvgIpc) is 2.09. The number of nitrogens with two attached hydrogens (primary N) is 1. The molecular formula is C7H3Cl3N2S. The minimum Gasteiger partial charge on any atom is -0.397 e. The van der Waals surface area contributed by atoms with Gasteiger partial charge in [-0.1, -0.05) is 34.8 Å². The number of nitriles is 1. The van der Waals surface area contributed by atoms with Gasteiger partial charge in [-0.2, -0.15) is 5.26 Å². The van der Waals surface area contributed by atoms with Crippen molar-refractivity contribution in [2.75, 3.05) is 5.73 Å². The van der Waals surface area contributed by atoms with Gasteiger partial charge in [-0.3, -0.25) is 0 Å². The fourth-order valence-corrected chi connectivity index (χ4v) is 2.08. The molecule has 0 amide bonds. The zero-order valence-corrected chi connectivity index (χ0v) is 9.23. The molecule has 6 heteroatoms. The Morgan fingerprint density at radius 2 is 1.92 bits per heavy atom. The lowest BCUT2D eigenvalue weighted by Crippen LogP contribution is -1.88. The second-order valence-corrected chi connectivity index (χ2v) is 4.06. The number of halogens is 3. The van der Waals surface area contributed by atoms with E-state index in [0.717, 1.165) is 11.8 Å². The van der Waals surface area contributed by atoms with Crippen LogP contribution in [0.4, 0.5) is 5.69 Å². The second kappa shape index (κ2) is 4.30. The van der Waals surface area contributed by atoms with Gasteiger partial charge < -0.3 is 5.73 Å². The van der Waals surface area contributed by atoms with E-state index in [1.807, 2.05) is 5.40 Å². The fourth-order valence-electron chi connectivity index (χ4n) is 0.736. The summed E-state index contributed by atoms with van der Waals surface area (Å²) in [5.41, 5.74) is 5.80. The van der Waals surface area contributed by atoms with Crippen molar-refractivity contribution in [1.82, 2.24) is 0 Å². The van der Waals surface area contributed by atoms with Crippen LogP contribution in [0.3, 0.4) is 0 Å². The van der Waals surface area contributed by atoms with Gasteiger partial charge in [0.25, 0.3) is 0 Å². The molecule has 1 aromatic rings. The normalized spacial score (nSPS) is 9.69. The summed E-state index contributed by atoms with van der Waals surface area (Å²) in [4.78, 5) is 0.435. The first-order valence-electron chi connectivity index (χ1n) is 3.06. The molecule has 0 aliphatic carbocycles. The highest BCUT2D eigenvalue weighted by Crippen LogP contribution is 2.41. The van der Waals surface area contributed by atoms with Crippen molar-refractivity contribution in [2.45, 2.75) is 4.90 Å². The molecule has 0 aromatic heterocycles. The molecule has 0 saturated heterocycles. The smallest absolute Gasteiger partial charge is 0.138 e. The van der Waals surface area contributed by atoms with Gasteiger partial charge in [0.15, 0.2) is 0 Å². The maximum atomic E-state index is 8.45. The summed E-state index contributed by atoms with van der Waals surface area (Å²) >= 11 is 18.2. The molecule has 1 rings (SSSR count). The van der Waals surface area contributed by atoms with E-state index in [4.69, 9.17) is 45.8 Å². The van der Waals surface area contributed by atoms with Crippen molar-refractivity contribution in [3.63, 3.8) is 0 Å². The highest BCUT2D eigenvalue weighted by Gasteiger charge is 2.13. The molecule has 0 saturated carbocycles. The van der Waals surface area contributed by atoms with E-state index in [2.05, 4.69) is 0 Å². The van der Waals surface area contributed by atoms with Crippen LogP contribution in [-0.2, 0) is 0 Å². The first-order chi connectivity index (χ1) is 6.07. The van der Waals surface area contributed by atoms with Crippen LogP contribution < -0.4 is 5.73 Å². The van der Waals surface area contributed by atoms with Gasteiger partial charge in [-0.25, -0.2) is 0 Å². The van der Waals surface area contributed by atoms with Crippen molar-refractivity contribution < 1.29 is 0 Å². The highest BCUT2D eigenvalue weighted by atomic mass is 35.5. The van der Waals surface area contributed by atoms with Gasteiger partial charge in [-0.15, -0.1) is 0 Å². The summed E-state index contributed by atoms with van der Waals surface area (Å²) < 4.78 is 0. The van der Waals surface area contributed by atoms with Crippen LogP contribution >= 0.6 is 46.6 Å². The number of nitrogen functional groups attached to an aromatic ring is 1. The Labute approximate surface area is 94.6 Å². The Hall–Kier alpha value is -0.270. The van der Waals surface area contributed by atoms with E-state index in [0.29, 0.717) is 15.6 Å². The van der Waals surface area contributed by atoms with Gasteiger partial charge in [0.2, 0.25) is 0 Å². The molecule has 2 nitrogen and oxygen atoms in total. The molecule has 0 bridgehead atoms. The third-order valence-electron chi connectivity index (χ3n) is 1.29. The second-order valence-electron chi connectivity index (χ2n) is 2.10. The zero-order chi connectivity index (χ0) is 10.0. The summed E-state index contributed by atoms with van der Waals surface area (Å²) in [5.74, 6) is 0. The van der Waals surface area contributed by atoms with Crippen LogP contribution in [0.2, 0.25) is 15.1 Å². The number of benzene rings is 1. The first-order valence-corrected chi connectivity index (χ1v) is 5.02. The molecule has 0 atom stereocenters. The van der Waals surface area contributed by atoms with Crippen LogP contribution in [-0.4, -0.2) is 0 Å². The molecular weight excluding hydrogens is 251 g/mol. The Bertz CT molecular complexity index is 386. The van der Waals surface area contributed by atoms with Gasteiger partial charge in [0.05, 0.1) is 25.7 Å². The molecule has 0 spiro atoms. The van der Waals surface area contributed by atoms with E-state index in [1.54, 1.807) is 0 Å². The molecule has 0 unspecified atom stereocenters. The van der Waals surface area contributed by atoms with Gasteiger partial charge in [0.1, 0.15) is 5.40 Å². The number of thiocyanates is 1. The topological polar surface area (TPSA) is 49.8 Å². The maximum absolute atomic E-state index is 8.45. The number of hydrogen-bond acceptors (Lipinski definition) is 3. The predicted molar refractivity (Wildman–Crippen MR) is 57.4 cm³/mol. The monoisotopic (exact) mass is 252 g/mol. The van der Waals surface area contributed by atoms with Crippen molar-refractivity contribution in [2.24, 2.45) is 0 Å². The van der Waals surface area contributed by atoms with Gasteiger partial charge in [0, 0.05) is 0 Å². The fraction of sp³-hybridized carbons (Fsp3) is 0. The summed E-state index contributed by atoms with van der Waals surface area (Å²) in [6.07, 6.45) is 0. The zero-order valence-electron chi connectivity index (χ0n) is 6.14. The summed E-state index contributed by atoms with van der Waals surface area (Å²) in [6, 6.07) is 1.47. The van der Waals surface area contributed by atoms with E-state index in [1.165, 1.54) is 6.07 Å². The minimum absolute atomic E-state index is 0.221. The van der Waals surface area contributed by atoms with Crippen LogP contribution in [0.15, 0.2) is 11.0 Å². The quantitative estimate of drug-likeness (QED) is 0.358. The summed E-state index contributed by atoms with van der Waals surface area (Å²) in [5, 5.41) is 11.1. The Balaban J connectivity index is 3.36. The lowest BCUT2D eigenvalue weighted by atomic mass is 10.3. The van der Waals surface area contributed by atoms with Gasteiger partial charge >= 0.3 is 0 Å². The molecule has 1 aromatic carbocycles. The van der Waals surface area contributed by atoms with Crippen molar-refractivity contribution >= 4 is 52.3 Å². The maximum Gasteiger partial charge on any atom is 0.138 e. The SMILES string of the molecule is N#CSc1c(Cl)cc(N)c(Cl)c1Cl. The van der Waals surface area contributed by atoms with Crippen LogP contribution in [0, 0.1) is 10.7 Å². The number of rotatable bonds is 1. The van der Waals surface area contributed by atoms with Crippen LogP contribution in [0.1, 0.15) is 0 Å². The third kappa shape index (κ3) is 2.15. The van der Waals surface area contributed by atoms with E-state index in [-0.39, 0.29) is 10.0 Å². The standard InChI is InChI=1S/C7H3Cl3N2S/c8-3-1-4(12)5(9)6(10)7(3)13-2-11/h1H,12H2. The third-order valence-corrected chi connectivity index (χ3v) is 3.42. The molecule has 0 aliphatic rings. The van der Waals surface area contributed by atoms with Crippen molar-refractivity contribution in [3.8, 4) is 5.40 Å². The Morgan fingerprint density at radius 3 is 2.46 bits per heavy atom. The number of anilines is 1. The predicted octanol–water partition coefficient (Wildman–Crippen LogP) is 3.80.